The number of benzene rings is 1. The van der Waals surface area contributed by atoms with Crippen molar-refractivity contribution in [2.24, 2.45) is 0 Å². The Bertz CT molecular complexity index is 678. The summed E-state index contributed by atoms with van der Waals surface area (Å²) >= 11 is 0. The van der Waals surface area contributed by atoms with E-state index in [-0.39, 0.29) is 0 Å². The number of pyridine rings is 1. The number of H-pyrrole nitrogens is 1. The highest BCUT2D eigenvalue weighted by atomic mass is 16.5. The van der Waals surface area contributed by atoms with Crippen LogP contribution in [-0.4, -0.2) is 20.2 Å². The van der Waals surface area contributed by atoms with E-state index < -0.39 is 0 Å². The van der Waals surface area contributed by atoms with Crippen LogP contribution in [0.1, 0.15) is 5.82 Å². The lowest BCUT2D eigenvalue weighted by molar-refractivity contribution is 0.296. The molecule has 0 unspecified atom stereocenters. The van der Waals surface area contributed by atoms with Crippen molar-refractivity contribution in [2.45, 2.75) is 6.61 Å². The van der Waals surface area contributed by atoms with Crippen LogP contribution in [0.3, 0.4) is 0 Å². The summed E-state index contributed by atoms with van der Waals surface area (Å²) in [5, 5.41) is 6.95. The zero-order valence-corrected chi connectivity index (χ0v) is 10.7. The maximum Gasteiger partial charge on any atom is 0.199 e. The van der Waals surface area contributed by atoms with Crippen LogP contribution >= 0.6 is 0 Å². The van der Waals surface area contributed by atoms with Crippen LogP contribution in [0.4, 0.5) is 5.69 Å². The minimum absolute atomic E-state index is 0.309. The highest BCUT2D eigenvalue weighted by Gasteiger charge is 2.06. The predicted molar refractivity (Wildman–Crippen MR) is 74.8 cm³/mol. The van der Waals surface area contributed by atoms with Crippen molar-refractivity contribution in [1.29, 1.82) is 0 Å². The topological polar surface area (TPSA) is 89.7 Å². The first-order valence-electron chi connectivity index (χ1n) is 6.12. The molecule has 3 N–H and O–H groups in total. The number of nitrogen functional groups attached to an aromatic ring is 1. The number of hydrogen-bond donors (Lipinski definition) is 2. The van der Waals surface area contributed by atoms with E-state index in [2.05, 4.69) is 20.2 Å². The largest absolute Gasteiger partial charge is 0.486 e. The Labute approximate surface area is 115 Å². The Hall–Kier alpha value is -2.89. The van der Waals surface area contributed by atoms with Crippen molar-refractivity contribution in [3.63, 3.8) is 0 Å². The van der Waals surface area contributed by atoms with Crippen LogP contribution in [0.25, 0.3) is 11.5 Å². The Morgan fingerprint density at radius 3 is 2.70 bits per heavy atom. The summed E-state index contributed by atoms with van der Waals surface area (Å²) in [6, 6.07) is 12.8. The van der Waals surface area contributed by atoms with Gasteiger partial charge >= 0.3 is 0 Å². The molecule has 100 valence electrons. The molecule has 0 radical (unpaired) electrons. The van der Waals surface area contributed by atoms with Gasteiger partial charge in [-0.1, -0.05) is 6.07 Å². The van der Waals surface area contributed by atoms with E-state index in [4.69, 9.17) is 10.5 Å². The van der Waals surface area contributed by atoms with Gasteiger partial charge in [0.2, 0.25) is 0 Å². The molecule has 2 aromatic heterocycles. The first kappa shape index (κ1) is 12.2. The lowest BCUT2D eigenvalue weighted by atomic mass is 10.3. The third kappa shape index (κ3) is 2.74. The molecule has 6 nitrogen and oxygen atoms in total. The molecule has 0 spiro atoms. The molecule has 0 amide bonds. The fourth-order valence-corrected chi connectivity index (χ4v) is 1.69. The van der Waals surface area contributed by atoms with Crippen molar-refractivity contribution >= 4 is 5.69 Å². The monoisotopic (exact) mass is 267 g/mol. The summed E-state index contributed by atoms with van der Waals surface area (Å²) < 4.78 is 5.59. The Morgan fingerprint density at radius 1 is 1.10 bits per heavy atom. The maximum absolute atomic E-state index is 5.61. The van der Waals surface area contributed by atoms with Crippen LogP contribution < -0.4 is 10.5 Å². The SMILES string of the molecule is Nc1ccc(OCc2nc(-c3ccccn3)n[nH]2)cc1. The first-order chi connectivity index (χ1) is 9.81. The highest BCUT2D eigenvalue weighted by molar-refractivity contribution is 5.47. The number of nitrogens with two attached hydrogens (primary N) is 1. The van der Waals surface area contributed by atoms with E-state index in [1.54, 1.807) is 18.3 Å². The fourth-order valence-electron chi connectivity index (χ4n) is 1.69. The van der Waals surface area contributed by atoms with Gasteiger partial charge in [-0.15, -0.1) is 0 Å². The minimum Gasteiger partial charge on any atom is -0.486 e. The summed E-state index contributed by atoms with van der Waals surface area (Å²) in [4.78, 5) is 8.52. The number of hydrogen-bond acceptors (Lipinski definition) is 5. The molecule has 3 rings (SSSR count). The average Bonchev–Trinajstić information content (AvgIpc) is 2.97. The molecule has 2 heterocycles. The van der Waals surface area contributed by atoms with Crippen LogP contribution in [0, 0.1) is 0 Å². The summed E-state index contributed by atoms with van der Waals surface area (Å²) in [7, 11) is 0. The number of rotatable bonds is 4. The summed E-state index contributed by atoms with van der Waals surface area (Å²) in [6.45, 7) is 0.309. The molecule has 0 aliphatic heterocycles. The van der Waals surface area contributed by atoms with Crippen LogP contribution in [0.15, 0.2) is 48.7 Å². The van der Waals surface area contributed by atoms with E-state index in [0.29, 0.717) is 23.9 Å². The number of anilines is 1. The summed E-state index contributed by atoms with van der Waals surface area (Å²) in [6.07, 6.45) is 1.70. The minimum atomic E-state index is 0.309. The van der Waals surface area contributed by atoms with Crippen LogP contribution in [0.2, 0.25) is 0 Å². The van der Waals surface area contributed by atoms with Crippen LogP contribution in [-0.2, 0) is 6.61 Å². The van der Waals surface area contributed by atoms with Crippen LogP contribution in [0.5, 0.6) is 5.75 Å². The molecule has 0 saturated carbocycles. The Morgan fingerprint density at radius 2 is 1.95 bits per heavy atom. The summed E-state index contributed by atoms with van der Waals surface area (Å²) in [5.74, 6) is 1.93. The predicted octanol–water partition coefficient (Wildman–Crippen LogP) is 2.03. The number of aromatic amines is 1. The van der Waals surface area contributed by atoms with E-state index in [9.17, 15) is 0 Å². The molecule has 3 aromatic rings. The third-order valence-corrected chi connectivity index (χ3v) is 2.68. The van der Waals surface area contributed by atoms with Gasteiger partial charge in [0.15, 0.2) is 11.6 Å². The van der Waals surface area contributed by atoms with E-state index in [0.717, 1.165) is 11.4 Å². The fraction of sp³-hybridized carbons (Fsp3) is 0.0714. The Kier molecular flexibility index (Phi) is 3.28. The number of aromatic nitrogens is 4. The smallest absolute Gasteiger partial charge is 0.199 e. The van der Waals surface area contributed by atoms with Gasteiger partial charge < -0.3 is 10.5 Å². The normalized spacial score (nSPS) is 10.4. The van der Waals surface area contributed by atoms with Gasteiger partial charge in [0.1, 0.15) is 18.1 Å². The molecule has 0 bridgehead atoms. The lowest BCUT2D eigenvalue weighted by Gasteiger charge is -2.03. The molecule has 0 atom stereocenters. The van der Waals surface area contributed by atoms with Gasteiger partial charge in [0.25, 0.3) is 0 Å². The second-order valence-corrected chi connectivity index (χ2v) is 4.18. The van der Waals surface area contributed by atoms with E-state index in [1.165, 1.54) is 0 Å². The van der Waals surface area contributed by atoms with Gasteiger partial charge in [-0.2, -0.15) is 5.10 Å². The third-order valence-electron chi connectivity index (χ3n) is 2.68. The van der Waals surface area contributed by atoms with Crippen molar-refractivity contribution in [2.75, 3.05) is 5.73 Å². The molecule has 0 aliphatic carbocycles. The Balaban J connectivity index is 1.67. The van der Waals surface area contributed by atoms with Gasteiger partial charge in [-0.25, -0.2) is 4.98 Å². The molecule has 6 heteroatoms. The van der Waals surface area contributed by atoms with Crippen molar-refractivity contribution in [3.8, 4) is 17.3 Å². The van der Waals surface area contributed by atoms with Gasteiger partial charge in [-0.05, 0) is 36.4 Å². The molecule has 20 heavy (non-hydrogen) atoms. The molecule has 0 saturated heterocycles. The number of nitrogens with zero attached hydrogens (tertiary/aromatic N) is 3. The zero-order valence-electron chi connectivity index (χ0n) is 10.7. The van der Waals surface area contributed by atoms with Gasteiger partial charge in [0, 0.05) is 11.9 Å². The second-order valence-electron chi connectivity index (χ2n) is 4.18. The van der Waals surface area contributed by atoms with Crippen molar-refractivity contribution < 1.29 is 4.74 Å². The lowest BCUT2D eigenvalue weighted by Crippen LogP contribution is -1.97. The first-order valence-corrected chi connectivity index (χ1v) is 6.12. The van der Waals surface area contributed by atoms with Crippen molar-refractivity contribution in [1.82, 2.24) is 20.2 Å². The average molecular weight is 267 g/mol. The standard InChI is InChI=1S/C14H13N5O/c15-10-4-6-11(7-5-10)20-9-13-17-14(19-18-13)12-3-1-2-8-16-12/h1-8H,9,15H2,(H,17,18,19). The van der Waals surface area contributed by atoms with Gasteiger partial charge in [-0.3, -0.25) is 10.1 Å². The second kappa shape index (κ2) is 5.40. The molecule has 1 aromatic carbocycles. The van der Waals surface area contributed by atoms with Crippen molar-refractivity contribution in [3.05, 3.63) is 54.5 Å². The molecule has 0 fully saturated rings. The molecule has 0 aliphatic rings. The van der Waals surface area contributed by atoms with Gasteiger partial charge in [0.05, 0.1) is 0 Å². The zero-order chi connectivity index (χ0) is 13.8. The van der Waals surface area contributed by atoms with E-state index >= 15 is 0 Å². The molecular weight excluding hydrogens is 254 g/mol. The number of ether oxygens (including phenoxy) is 1. The quantitative estimate of drug-likeness (QED) is 0.706. The maximum atomic E-state index is 5.61. The number of nitrogens with one attached hydrogen (secondary N) is 1. The summed E-state index contributed by atoms with van der Waals surface area (Å²) in [5.41, 5.74) is 7.04. The molecular formula is C14H13N5O. The highest BCUT2D eigenvalue weighted by Crippen LogP contribution is 2.15. The van der Waals surface area contributed by atoms with E-state index in [1.807, 2.05) is 30.3 Å².